The van der Waals surface area contributed by atoms with Gasteiger partial charge in [0.1, 0.15) is 0 Å². The number of rotatable bonds is 30. The molecule has 0 aromatic carbocycles. The van der Waals surface area contributed by atoms with Crippen LogP contribution in [-0.4, -0.2) is 30.2 Å². The molecule has 0 atom stereocenters. The molecule has 2 nitrogen and oxygen atoms in total. The molecule has 221 valence electrons. The molecule has 0 heterocycles. The summed E-state index contributed by atoms with van der Waals surface area (Å²) in [4.78, 5) is 10.2. The Hall–Kier alpha value is 0.392. The Kier molecular flexibility index (Phi) is 41.2. The molecule has 0 aliphatic rings. The van der Waals surface area contributed by atoms with E-state index in [9.17, 15) is 9.90 Å². The van der Waals surface area contributed by atoms with Gasteiger partial charge in [-0.3, -0.25) is 0 Å². The Balaban J connectivity index is 0. The van der Waals surface area contributed by atoms with E-state index in [4.69, 9.17) is 0 Å². The molecule has 0 aliphatic carbocycles. The van der Waals surface area contributed by atoms with Crippen molar-refractivity contribution in [3.05, 3.63) is 0 Å². The molecule has 0 fully saturated rings. The fourth-order valence-electron chi connectivity index (χ4n) is 4.83. The normalized spacial score (nSPS) is 10.8. The van der Waals surface area contributed by atoms with Gasteiger partial charge in [0.15, 0.2) is 0 Å². The van der Waals surface area contributed by atoms with Crippen LogP contribution in [0.1, 0.15) is 201 Å². The van der Waals surface area contributed by atoms with Crippen molar-refractivity contribution < 1.29 is 9.90 Å². The van der Waals surface area contributed by atoms with E-state index >= 15 is 0 Å². The first-order valence-corrected chi connectivity index (χ1v) is 22.6. The molecule has 0 spiro atoms. The van der Waals surface area contributed by atoms with Crippen LogP contribution in [0.3, 0.4) is 0 Å². The van der Waals surface area contributed by atoms with Crippen LogP contribution in [0.15, 0.2) is 0 Å². The molecular weight excluding hydrogens is 648 g/mol. The van der Waals surface area contributed by atoms with Crippen molar-refractivity contribution in [3.63, 3.8) is 0 Å². The second-order valence-corrected chi connectivity index (χ2v) is 17.2. The molecule has 0 aromatic rings. The predicted molar refractivity (Wildman–Crippen MR) is 167 cm³/mol. The van der Waals surface area contributed by atoms with Gasteiger partial charge in [-0.05, 0) is 12.8 Å². The van der Waals surface area contributed by atoms with E-state index in [1.54, 1.807) is 20.8 Å². The van der Waals surface area contributed by atoms with E-state index in [0.717, 1.165) is 12.8 Å². The zero-order chi connectivity index (χ0) is 27.5. The Morgan fingerprint density at radius 3 is 0.919 bits per heavy atom. The molecule has 37 heavy (non-hydrogen) atoms. The summed E-state index contributed by atoms with van der Waals surface area (Å²) in [6.45, 7) is 6.87. The van der Waals surface area contributed by atoms with Crippen LogP contribution in [0, 0.1) is 0 Å². The van der Waals surface area contributed by atoms with E-state index in [1.807, 2.05) is 0 Å². The van der Waals surface area contributed by atoms with E-state index in [1.165, 1.54) is 148 Å². The summed E-state index contributed by atoms with van der Waals surface area (Å²) in [6, 6.07) is 0. The number of aliphatic carboxylic acids is 1. The van der Waals surface area contributed by atoms with Crippen LogP contribution in [0.4, 0.5) is 0 Å². The Morgan fingerprint density at radius 1 is 0.405 bits per heavy atom. The number of carbonyl (C=O) groups is 1. The summed E-state index contributed by atoms with van der Waals surface area (Å²) in [5.74, 6) is -0.903. The van der Waals surface area contributed by atoms with Crippen molar-refractivity contribution in [1.82, 2.24) is 0 Å². The molecule has 0 unspecified atom stereocenters. The van der Waals surface area contributed by atoms with E-state index in [2.05, 4.69) is 20.8 Å². The molecule has 0 aliphatic heterocycles. The van der Waals surface area contributed by atoms with Gasteiger partial charge in [-0.15, -0.1) is 0 Å². The van der Waals surface area contributed by atoms with Crippen molar-refractivity contribution in [2.24, 2.45) is 0 Å². The molecule has 0 N–H and O–H groups in total. The average Bonchev–Trinajstić information content (AvgIpc) is 2.89. The number of carbonyl (C=O) groups excluding carboxylic acids is 1. The molecule has 3 heteroatoms. The van der Waals surface area contributed by atoms with Gasteiger partial charge in [0.05, 0.1) is 0 Å². The summed E-state index contributed by atoms with van der Waals surface area (Å²) >= 11 is -0.130. The summed E-state index contributed by atoms with van der Waals surface area (Å²) in [5.41, 5.74) is 0. The monoisotopic (exact) mass is 718 g/mol. The zero-order valence-electron chi connectivity index (χ0n) is 26.0. The van der Waals surface area contributed by atoms with E-state index in [0.29, 0.717) is 0 Å². The average molecular weight is 717 g/mol. The SMILES string of the molecule is CCCCCCCCCCCCCCCCCC(=O)[O-].CCCCCCC[CH2][Pb+][CH2]CCCCCCC. The van der Waals surface area contributed by atoms with Gasteiger partial charge in [0, 0.05) is 5.97 Å². The minimum atomic E-state index is -0.903. The summed E-state index contributed by atoms with van der Waals surface area (Å²) in [7, 11) is 0. The molecule has 0 aromatic heterocycles. The van der Waals surface area contributed by atoms with Gasteiger partial charge in [0.2, 0.25) is 0 Å². The van der Waals surface area contributed by atoms with Crippen LogP contribution >= 0.6 is 0 Å². The number of unbranched alkanes of at least 4 members (excludes halogenated alkanes) is 24. The molecule has 0 saturated heterocycles. The minimum absolute atomic E-state index is 0.130. The first-order chi connectivity index (χ1) is 18.2. The van der Waals surface area contributed by atoms with Crippen molar-refractivity contribution in [2.75, 3.05) is 0 Å². The van der Waals surface area contributed by atoms with Crippen LogP contribution in [0.25, 0.3) is 0 Å². The van der Waals surface area contributed by atoms with Crippen molar-refractivity contribution in [1.29, 1.82) is 0 Å². The van der Waals surface area contributed by atoms with Gasteiger partial charge in [-0.1, -0.05) is 96.8 Å². The molecule has 0 rings (SSSR count). The van der Waals surface area contributed by atoms with Gasteiger partial charge in [-0.2, -0.15) is 0 Å². The molecule has 0 bridgehead atoms. The third-order valence-corrected chi connectivity index (χ3v) is 12.9. The zero-order valence-corrected chi connectivity index (χ0v) is 29.9. The summed E-state index contributed by atoms with van der Waals surface area (Å²) in [6.07, 6.45) is 37.7. The van der Waals surface area contributed by atoms with E-state index in [-0.39, 0.29) is 30.7 Å². The van der Waals surface area contributed by atoms with E-state index < -0.39 is 5.97 Å². The fraction of sp³-hybridized carbons (Fsp3) is 0.971. The van der Waals surface area contributed by atoms with Crippen molar-refractivity contribution in [2.45, 2.75) is 209 Å². The van der Waals surface area contributed by atoms with Crippen LogP contribution in [-0.2, 0) is 4.79 Å². The van der Waals surface area contributed by atoms with Crippen molar-refractivity contribution in [3.8, 4) is 0 Å². The molecule has 0 amide bonds. The first-order valence-electron chi connectivity index (χ1n) is 17.1. The van der Waals surface area contributed by atoms with Gasteiger partial charge in [0.25, 0.3) is 0 Å². The second-order valence-electron chi connectivity index (χ2n) is 11.4. The Labute approximate surface area is 247 Å². The second kappa shape index (κ2) is 38.5. The number of hydrogen-bond donors (Lipinski definition) is 0. The standard InChI is InChI=1S/C18H36O2.2C8H17.Pb/c1-2-3-4-5-6-7-8-9-10-11-12-13-14-15-16-17-18(19)20;2*1-3-5-7-8-6-4-2;/h2-17H2,1H3,(H,19,20);2*1,3-8H2,2H3;/q;;;+1/p-1. The third-order valence-electron chi connectivity index (χ3n) is 7.40. The van der Waals surface area contributed by atoms with Gasteiger partial charge < -0.3 is 9.90 Å². The van der Waals surface area contributed by atoms with Crippen LogP contribution in [0.5, 0.6) is 0 Å². The topological polar surface area (TPSA) is 40.1 Å². The van der Waals surface area contributed by atoms with Gasteiger partial charge in [-0.25, -0.2) is 0 Å². The fourth-order valence-corrected chi connectivity index (χ4v) is 9.69. The molecular formula is C34H69O2Pb. The first kappa shape index (κ1) is 39.5. The maximum atomic E-state index is 10.2. The maximum absolute atomic E-state index is 10.2. The Bertz CT molecular complexity index is 385. The third kappa shape index (κ3) is 43.7. The molecule has 1 radical (unpaired) electrons. The van der Waals surface area contributed by atoms with Crippen molar-refractivity contribution >= 4 is 30.2 Å². The van der Waals surface area contributed by atoms with Crippen LogP contribution < -0.4 is 5.11 Å². The number of hydrogen-bond acceptors (Lipinski definition) is 2. The molecule has 0 saturated carbocycles. The summed E-state index contributed by atoms with van der Waals surface area (Å²) < 4.78 is 3.36. The summed E-state index contributed by atoms with van der Waals surface area (Å²) in [5, 5.41) is 10.2. The quantitative estimate of drug-likeness (QED) is 0.0548. The Morgan fingerprint density at radius 2 is 0.649 bits per heavy atom. The predicted octanol–water partition coefficient (Wildman–Crippen LogP) is 11.2. The van der Waals surface area contributed by atoms with Crippen LogP contribution in [0.2, 0.25) is 7.96 Å². The number of carboxylic acid groups (broad SMARTS) is 1. The number of carboxylic acids is 1. The van der Waals surface area contributed by atoms with Gasteiger partial charge >= 0.3 is 123 Å².